The van der Waals surface area contributed by atoms with Crippen LogP contribution >= 0.6 is 0 Å². The monoisotopic (exact) mass is 434 g/mol. The van der Waals surface area contributed by atoms with E-state index < -0.39 is 0 Å². The number of ether oxygens (including phenoxy) is 2. The van der Waals surface area contributed by atoms with Crippen molar-refractivity contribution in [3.8, 4) is 16.9 Å². The van der Waals surface area contributed by atoms with Crippen molar-refractivity contribution in [1.82, 2.24) is 10.2 Å². The van der Waals surface area contributed by atoms with Crippen LogP contribution in [-0.2, 0) is 11.2 Å². The first kappa shape index (κ1) is 21.3. The average Bonchev–Trinajstić information content (AvgIpc) is 3.03. The van der Waals surface area contributed by atoms with Crippen LogP contribution in [0.2, 0.25) is 0 Å². The molecule has 0 saturated carbocycles. The Morgan fingerprint density at radius 2 is 1.91 bits per heavy atom. The smallest absolute Gasteiger partial charge is 0.407 e. The fourth-order valence-corrected chi connectivity index (χ4v) is 5.77. The first-order valence-electron chi connectivity index (χ1n) is 12.0. The van der Waals surface area contributed by atoms with E-state index in [1.807, 2.05) is 19.1 Å². The molecule has 170 valence electrons. The van der Waals surface area contributed by atoms with Gasteiger partial charge in [-0.1, -0.05) is 44.2 Å². The second kappa shape index (κ2) is 8.43. The first-order valence-corrected chi connectivity index (χ1v) is 12.0. The molecule has 3 saturated heterocycles. The number of nitrogens with one attached hydrogen (secondary N) is 1. The molecular formula is C27H34N2O3. The van der Waals surface area contributed by atoms with Gasteiger partial charge in [-0.3, -0.25) is 4.90 Å². The van der Waals surface area contributed by atoms with Crippen LogP contribution in [0, 0.1) is 11.3 Å². The lowest BCUT2D eigenvalue weighted by molar-refractivity contribution is -0.0348. The molecule has 2 aromatic carbocycles. The van der Waals surface area contributed by atoms with Crippen molar-refractivity contribution in [2.24, 2.45) is 11.3 Å². The molecule has 2 bridgehead atoms. The molecule has 3 heterocycles. The molecule has 4 aliphatic rings. The first-order chi connectivity index (χ1) is 15.4. The van der Waals surface area contributed by atoms with Gasteiger partial charge >= 0.3 is 6.09 Å². The molecule has 5 nitrogen and oxygen atoms in total. The van der Waals surface area contributed by atoms with Crippen LogP contribution in [0.5, 0.6) is 5.75 Å². The molecule has 0 spiro atoms. The van der Waals surface area contributed by atoms with Gasteiger partial charge in [0.1, 0.15) is 11.9 Å². The van der Waals surface area contributed by atoms with Crippen LogP contribution < -0.4 is 10.1 Å². The fourth-order valence-electron chi connectivity index (χ4n) is 5.77. The second-order valence-electron chi connectivity index (χ2n) is 10.2. The van der Waals surface area contributed by atoms with Gasteiger partial charge in [0.05, 0.1) is 12.6 Å². The minimum atomic E-state index is -0.275. The van der Waals surface area contributed by atoms with E-state index in [0.717, 1.165) is 50.2 Å². The maximum Gasteiger partial charge on any atom is 0.407 e. The Balaban J connectivity index is 1.32. The quantitative estimate of drug-likeness (QED) is 0.703. The number of nitrogens with zero attached hydrogens (tertiary/aromatic N) is 1. The SMILES string of the molecule is CCOc1cccc(-c2ccc3c(c2)CC(C)(C)C3NC(=O)O[C@H]2CN3CCC2CC3)c1. The highest BCUT2D eigenvalue weighted by Gasteiger charge is 2.42. The average molecular weight is 435 g/mol. The molecule has 3 fully saturated rings. The minimum absolute atomic E-state index is 0.0291. The molecule has 1 N–H and O–H groups in total. The van der Waals surface area contributed by atoms with Crippen molar-refractivity contribution in [3.63, 3.8) is 0 Å². The standard InChI is InChI=1S/C27H34N2O3/c1-4-31-22-7-5-6-19(15-22)20-8-9-23-21(14-20)16-27(2,3)25(23)28-26(30)32-24-17-29-12-10-18(24)11-13-29/h5-9,14-15,18,24-25H,4,10-13,16-17H2,1-3H3,(H,28,30)/t24-,25?/m0/s1. The number of piperidine rings is 3. The summed E-state index contributed by atoms with van der Waals surface area (Å²) in [7, 11) is 0. The van der Waals surface area contributed by atoms with Crippen molar-refractivity contribution < 1.29 is 14.3 Å². The number of hydrogen-bond donors (Lipinski definition) is 1. The zero-order valence-corrected chi connectivity index (χ0v) is 19.4. The summed E-state index contributed by atoms with van der Waals surface area (Å²) in [5.41, 5.74) is 4.75. The van der Waals surface area contributed by atoms with Gasteiger partial charge < -0.3 is 14.8 Å². The molecule has 1 amide bonds. The maximum absolute atomic E-state index is 12.9. The fraction of sp³-hybridized carbons (Fsp3) is 0.519. The van der Waals surface area contributed by atoms with Crippen molar-refractivity contribution in [1.29, 1.82) is 0 Å². The zero-order chi connectivity index (χ0) is 22.3. The van der Waals surface area contributed by atoms with Gasteiger partial charge in [-0.05, 0) is 85.0 Å². The molecule has 2 aromatic rings. The summed E-state index contributed by atoms with van der Waals surface area (Å²) >= 11 is 0. The number of carbonyl (C=O) groups excluding carboxylic acids is 1. The Morgan fingerprint density at radius 1 is 1.12 bits per heavy atom. The van der Waals surface area contributed by atoms with Gasteiger partial charge in [0.25, 0.3) is 0 Å². The van der Waals surface area contributed by atoms with E-state index in [2.05, 4.69) is 54.4 Å². The highest BCUT2D eigenvalue weighted by molar-refractivity contribution is 5.70. The molecule has 1 aliphatic carbocycles. The molecule has 3 aliphatic heterocycles. The molecule has 2 atom stereocenters. The van der Waals surface area contributed by atoms with Gasteiger partial charge in [0.15, 0.2) is 0 Å². The van der Waals surface area contributed by atoms with E-state index in [9.17, 15) is 4.79 Å². The maximum atomic E-state index is 12.9. The Bertz CT molecular complexity index is 994. The van der Waals surface area contributed by atoms with E-state index >= 15 is 0 Å². The highest BCUT2D eigenvalue weighted by atomic mass is 16.6. The predicted octanol–water partition coefficient (Wildman–Crippen LogP) is 5.20. The van der Waals surface area contributed by atoms with Gasteiger partial charge in [0.2, 0.25) is 0 Å². The Kier molecular flexibility index (Phi) is 5.62. The van der Waals surface area contributed by atoms with Crippen LogP contribution in [0.15, 0.2) is 42.5 Å². The van der Waals surface area contributed by atoms with E-state index in [0.29, 0.717) is 12.5 Å². The second-order valence-corrected chi connectivity index (χ2v) is 10.2. The van der Waals surface area contributed by atoms with Gasteiger partial charge in [0, 0.05) is 6.54 Å². The number of fused-ring (bicyclic) bond motifs is 4. The molecule has 0 aromatic heterocycles. The Hall–Kier alpha value is -2.53. The zero-order valence-electron chi connectivity index (χ0n) is 19.4. The Labute approximate surface area is 191 Å². The van der Waals surface area contributed by atoms with E-state index in [-0.39, 0.29) is 23.7 Å². The van der Waals surface area contributed by atoms with Crippen LogP contribution in [0.3, 0.4) is 0 Å². The lowest BCUT2D eigenvalue weighted by Gasteiger charge is -2.44. The number of carbonyl (C=O) groups is 1. The molecule has 6 rings (SSSR count). The molecule has 5 heteroatoms. The number of hydrogen-bond acceptors (Lipinski definition) is 4. The largest absolute Gasteiger partial charge is 0.494 e. The van der Waals surface area contributed by atoms with E-state index in [1.54, 1.807) is 0 Å². The number of amides is 1. The molecule has 1 unspecified atom stereocenters. The summed E-state index contributed by atoms with van der Waals surface area (Å²) in [4.78, 5) is 15.3. The van der Waals surface area contributed by atoms with Gasteiger partial charge in [-0.2, -0.15) is 0 Å². The van der Waals surface area contributed by atoms with Crippen LogP contribution in [0.25, 0.3) is 11.1 Å². The van der Waals surface area contributed by atoms with Gasteiger partial charge in [-0.15, -0.1) is 0 Å². The van der Waals surface area contributed by atoms with E-state index in [1.165, 1.54) is 16.7 Å². The minimum Gasteiger partial charge on any atom is -0.494 e. The summed E-state index contributed by atoms with van der Waals surface area (Å²) in [6, 6.07) is 14.8. The van der Waals surface area contributed by atoms with Crippen molar-refractivity contribution in [2.75, 3.05) is 26.2 Å². The number of rotatable bonds is 5. The summed E-state index contributed by atoms with van der Waals surface area (Å²) in [5, 5.41) is 3.22. The summed E-state index contributed by atoms with van der Waals surface area (Å²) in [6.45, 7) is 10.3. The third kappa shape index (κ3) is 4.11. The normalized spacial score (nSPS) is 27.6. The lowest BCUT2D eigenvalue weighted by atomic mass is 9.85. The van der Waals surface area contributed by atoms with Gasteiger partial charge in [-0.25, -0.2) is 4.79 Å². The van der Waals surface area contributed by atoms with E-state index in [4.69, 9.17) is 9.47 Å². The lowest BCUT2D eigenvalue weighted by Crippen LogP contribution is -2.53. The van der Waals surface area contributed by atoms with Crippen molar-refractivity contribution >= 4 is 6.09 Å². The summed E-state index contributed by atoms with van der Waals surface area (Å²) < 4.78 is 11.6. The van der Waals surface area contributed by atoms with Crippen molar-refractivity contribution in [2.45, 2.75) is 52.2 Å². The third-order valence-corrected chi connectivity index (χ3v) is 7.48. The topological polar surface area (TPSA) is 50.8 Å². The van der Waals surface area contributed by atoms with Crippen molar-refractivity contribution in [3.05, 3.63) is 53.6 Å². The van der Waals surface area contributed by atoms with Crippen LogP contribution in [0.4, 0.5) is 4.79 Å². The Morgan fingerprint density at radius 3 is 2.62 bits per heavy atom. The molecular weight excluding hydrogens is 400 g/mol. The highest BCUT2D eigenvalue weighted by Crippen LogP contribution is 2.46. The predicted molar refractivity (Wildman–Crippen MR) is 126 cm³/mol. The third-order valence-electron chi connectivity index (χ3n) is 7.48. The molecule has 32 heavy (non-hydrogen) atoms. The van der Waals surface area contributed by atoms with Crippen LogP contribution in [-0.4, -0.2) is 43.3 Å². The molecule has 0 radical (unpaired) electrons. The number of benzene rings is 2. The van der Waals surface area contributed by atoms with Crippen LogP contribution in [0.1, 0.15) is 50.8 Å². The summed E-state index contributed by atoms with van der Waals surface area (Å²) in [6.07, 6.45) is 2.96. The number of alkyl carbamates (subject to hydrolysis) is 1. The summed E-state index contributed by atoms with van der Waals surface area (Å²) in [5.74, 6) is 1.41.